The molecular weight excluding hydrogens is 312 g/mol. The fraction of sp³-hybridized carbons (Fsp3) is 0.154. The van der Waals surface area contributed by atoms with Crippen LogP contribution >= 0.6 is 15.9 Å². The van der Waals surface area contributed by atoms with Crippen molar-refractivity contribution in [1.29, 1.82) is 0 Å². The molecule has 0 aliphatic heterocycles. The van der Waals surface area contributed by atoms with E-state index in [9.17, 15) is 4.79 Å². The average molecular weight is 325 g/mol. The summed E-state index contributed by atoms with van der Waals surface area (Å²) >= 11 is 3.36. The van der Waals surface area contributed by atoms with Crippen LogP contribution in [0.3, 0.4) is 0 Å². The zero-order valence-electron chi connectivity index (χ0n) is 10.3. The molecule has 0 saturated heterocycles. The van der Waals surface area contributed by atoms with Gasteiger partial charge in [0.1, 0.15) is 18.1 Å². The summed E-state index contributed by atoms with van der Waals surface area (Å²) in [6.07, 6.45) is 0. The smallest absolute Gasteiger partial charge is 0.301 e. The molecule has 0 spiro atoms. The van der Waals surface area contributed by atoms with Crippen molar-refractivity contribution in [3.63, 3.8) is 0 Å². The van der Waals surface area contributed by atoms with Crippen molar-refractivity contribution in [2.45, 2.75) is 13.5 Å². The Labute approximate surface area is 118 Å². The summed E-state index contributed by atoms with van der Waals surface area (Å²) in [7, 11) is 0. The van der Waals surface area contributed by atoms with E-state index in [0.29, 0.717) is 11.5 Å². The molecule has 0 unspecified atom stereocenters. The van der Waals surface area contributed by atoms with E-state index in [1.165, 1.54) is 0 Å². The molecule has 1 aromatic carbocycles. The number of aryl methyl sites for hydroxylation is 1. The number of hydrazine groups is 1. The highest BCUT2D eigenvalue weighted by molar-refractivity contribution is 9.10. The minimum Gasteiger partial charge on any atom is -0.486 e. The highest BCUT2D eigenvalue weighted by atomic mass is 79.9. The van der Waals surface area contributed by atoms with E-state index in [1.54, 1.807) is 13.0 Å². The van der Waals surface area contributed by atoms with Gasteiger partial charge in [-0.3, -0.25) is 10.2 Å². The van der Waals surface area contributed by atoms with Crippen LogP contribution in [0.25, 0.3) is 0 Å². The van der Waals surface area contributed by atoms with Crippen molar-refractivity contribution in [3.05, 3.63) is 51.9 Å². The van der Waals surface area contributed by atoms with E-state index in [0.717, 1.165) is 10.0 Å². The lowest BCUT2D eigenvalue weighted by Crippen LogP contribution is -2.30. The Morgan fingerprint density at radius 1 is 1.47 bits per heavy atom. The molecule has 3 N–H and O–H groups in total. The van der Waals surface area contributed by atoms with Gasteiger partial charge in [0.2, 0.25) is 0 Å². The van der Waals surface area contributed by atoms with Crippen molar-refractivity contribution in [1.82, 2.24) is 5.43 Å². The van der Waals surface area contributed by atoms with E-state index in [-0.39, 0.29) is 12.4 Å². The van der Waals surface area contributed by atoms with Gasteiger partial charge in [-0.05, 0) is 31.2 Å². The summed E-state index contributed by atoms with van der Waals surface area (Å²) in [5.41, 5.74) is 2.76. The lowest BCUT2D eigenvalue weighted by atomic mass is 10.2. The number of carbonyl (C=O) groups excluding carboxylic acids is 1. The number of amides is 1. The highest BCUT2D eigenvalue weighted by Crippen LogP contribution is 2.20. The highest BCUT2D eigenvalue weighted by Gasteiger charge is 2.14. The molecule has 0 fully saturated rings. The minimum atomic E-state index is -0.453. The van der Waals surface area contributed by atoms with Crippen LogP contribution in [0, 0.1) is 6.92 Å². The largest absolute Gasteiger partial charge is 0.486 e. The van der Waals surface area contributed by atoms with Crippen molar-refractivity contribution < 1.29 is 13.9 Å². The quantitative estimate of drug-likeness (QED) is 0.514. The van der Waals surface area contributed by atoms with Gasteiger partial charge in [0.05, 0.1) is 0 Å². The van der Waals surface area contributed by atoms with Crippen LogP contribution in [0.2, 0.25) is 0 Å². The summed E-state index contributed by atoms with van der Waals surface area (Å²) in [6, 6.07) is 9.23. The summed E-state index contributed by atoms with van der Waals surface area (Å²) in [5, 5.41) is 0. The van der Waals surface area contributed by atoms with Gasteiger partial charge in [-0.25, -0.2) is 5.84 Å². The number of rotatable bonds is 4. The fourth-order valence-electron chi connectivity index (χ4n) is 1.62. The molecule has 1 heterocycles. The van der Waals surface area contributed by atoms with Gasteiger partial charge in [-0.1, -0.05) is 22.0 Å². The summed E-state index contributed by atoms with van der Waals surface area (Å²) < 4.78 is 11.9. The minimum absolute atomic E-state index is 0.204. The Bertz CT molecular complexity index is 595. The third-order valence-corrected chi connectivity index (χ3v) is 2.98. The molecule has 5 nitrogen and oxygen atoms in total. The first-order valence-electron chi connectivity index (χ1n) is 5.59. The van der Waals surface area contributed by atoms with Gasteiger partial charge < -0.3 is 9.15 Å². The molecule has 0 saturated carbocycles. The molecule has 0 bridgehead atoms. The number of hydrogen-bond donors (Lipinski definition) is 2. The van der Waals surface area contributed by atoms with Crippen molar-refractivity contribution in [2.75, 3.05) is 0 Å². The standard InChI is InChI=1S/C13H13BrN2O3/c1-8-5-11(19-12(8)13(17)16-15)7-18-10-4-2-3-9(14)6-10/h2-6H,7,15H2,1H3,(H,16,17). The van der Waals surface area contributed by atoms with Crippen LogP contribution < -0.4 is 16.0 Å². The molecule has 2 aromatic rings. The maximum Gasteiger partial charge on any atom is 0.301 e. The first-order valence-corrected chi connectivity index (χ1v) is 6.38. The predicted octanol–water partition coefficient (Wildman–Crippen LogP) is 2.53. The summed E-state index contributed by atoms with van der Waals surface area (Å²) in [4.78, 5) is 11.4. The van der Waals surface area contributed by atoms with Crippen LogP contribution in [-0.4, -0.2) is 5.91 Å². The van der Waals surface area contributed by atoms with Crippen molar-refractivity contribution in [2.24, 2.45) is 5.84 Å². The lowest BCUT2D eigenvalue weighted by molar-refractivity contribution is 0.0921. The van der Waals surface area contributed by atoms with Gasteiger partial charge in [-0.15, -0.1) is 0 Å². The normalized spacial score (nSPS) is 10.3. The fourth-order valence-corrected chi connectivity index (χ4v) is 2.00. The first kappa shape index (κ1) is 13.6. The average Bonchev–Trinajstić information content (AvgIpc) is 2.77. The number of furan rings is 1. The second kappa shape index (κ2) is 5.90. The second-order valence-corrected chi connectivity index (χ2v) is 4.86. The molecule has 6 heteroatoms. The molecule has 0 aliphatic rings. The van der Waals surface area contributed by atoms with Crippen molar-refractivity contribution in [3.8, 4) is 5.75 Å². The number of nitrogen functional groups attached to an aromatic ring is 1. The second-order valence-electron chi connectivity index (χ2n) is 3.94. The Balaban J connectivity index is 2.06. The molecule has 1 aromatic heterocycles. The molecule has 1 amide bonds. The number of nitrogens with one attached hydrogen (secondary N) is 1. The van der Waals surface area contributed by atoms with E-state index >= 15 is 0 Å². The topological polar surface area (TPSA) is 77.5 Å². The number of hydrogen-bond acceptors (Lipinski definition) is 4. The number of ether oxygens (including phenoxy) is 1. The predicted molar refractivity (Wildman–Crippen MR) is 73.6 cm³/mol. The van der Waals surface area contributed by atoms with Gasteiger partial charge in [0.15, 0.2) is 5.76 Å². The van der Waals surface area contributed by atoms with Gasteiger partial charge in [0, 0.05) is 10.0 Å². The Morgan fingerprint density at radius 2 is 2.26 bits per heavy atom. The maximum absolute atomic E-state index is 11.4. The summed E-state index contributed by atoms with van der Waals surface area (Å²) in [5.74, 6) is 6.10. The summed E-state index contributed by atoms with van der Waals surface area (Å²) in [6.45, 7) is 2.02. The molecule has 100 valence electrons. The lowest BCUT2D eigenvalue weighted by Gasteiger charge is -2.04. The monoisotopic (exact) mass is 324 g/mol. The van der Waals surface area contributed by atoms with E-state index in [4.69, 9.17) is 15.0 Å². The van der Waals surface area contributed by atoms with Crippen LogP contribution in [0.15, 0.2) is 39.2 Å². The maximum atomic E-state index is 11.4. The Morgan fingerprint density at radius 3 is 2.95 bits per heavy atom. The number of halogens is 1. The Hall–Kier alpha value is -1.79. The molecule has 0 radical (unpaired) electrons. The van der Waals surface area contributed by atoms with Crippen LogP contribution in [-0.2, 0) is 6.61 Å². The molecule has 19 heavy (non-hydrogen) atoms. The third-order valence-electron chi connectivity index (χ3n) is 2.48. The van der Waals surface area contributed by atoms with Crippen LogP contribution in [0.1, 0.15) is 21.9 Å². The van der Waals surface area contributed by atoms with Gasteiger partial charge in [-0.2, -0.15) is 0 Å². The molecular formula is C13H13BrN2O3. The Kier molecular flexibility index (Phi) is 4.24. The van der Waals surface area contributed by atoms with Crippen LogP contribution in [0.4, 0.5) is 0 Å². The zero-order valence-corrected chi connectivity index (χ0v) is 11.9. The number of nitrogens with two attached hydrogens (primary N) is 1. The molecule has 2 rings (SSSR count). The first-order chi connectivity index (χ1) is 9.10. The number of benzene rings is 1. The molecule has 0 atom stereocenters. The van der Waals surface area contributed by atoms with Crippen molar-refractivity contribution >= 4 is 21.8 Å². The van der Waals surface area contributed by atoms with Crippen LogP contribution in [0.5, 0.6) is 5.75 Å². The third kappa shape index (κ3) is 3.36. The van der Waals surface area contributed by atoms with E-state index < -0.39 is 5.91 Å². The SMILES string of the molecule is Cc1cc(COc2cccc(Br)c2)oc1C(=O)NN. The zero-order chi connectivity index (χ0) is 13.8. The molecule has 0 aliphatic carbocycles. The van der Waals surface area contributed by atoms with E-state index in [1.807, 2.05) is 29.7 Å². The van der Waals surface area contributed by atoms with Gasteiger partial charge in [0.25, 0.3) is 0 Å². The van der Waals surface area contributed by atoms with E-state index in [2.05, 4.69) is 15.9 Å². The van der Waals surface area contributed by atoms with Gasteiger partial charge >= 0.3 is 5.91 Å². The number of carbonyl (C=O) groups is 1.